The summed E-state index contributed by atoms with van der Waals surface area (Å²) in [7, 11) is 5.70. The largest absolute Gasteiger partial charge is 0.497 e. The van der Waals surface area contributed by atoms with E-state index in [0.29, 0.717) is 12.2 Å². The molecule has 0 aliphatic carbocycles. The zero-order chi connectivity index (χ0) is 18.8. The van der Waals surface area contributed by atoms with Crippen molar-refractivity contribution in [3.05, 3.63) is 53.9 Å². The Morgan fingerprint density at radius 3 is 2.81 bits per heavy atom. The highest BCUT2D eigenvalue weighted by atomic mass is 16.5. The lowest BCUT2D eigenvalue weighted by Crippen LogP contribution is -2.27. The Balaban J connectivity index is 1.81. The Bertz CT molecular complexity index is 704. The highest BCUT2D eigenvalue weighted by molar-refractivity contribution is 5.93. The molecule has 0 spiro atoms. The zero-order valence-corrected chi connectivity index (χ0v) is 15.8. The number of carbonyl (C=O) groups excluding carboxylic acids is 1. The first-order valence-electron chi connectivity index (χ1n) is 8.84. The van der Waals surface area contributed by atoms with Gasteiger partial charge in [0.25, 0.3) is 5.91 Å². The van der Waals surface area contributed by atoms with E-state index in [9.17, 15) is 4.79 Å². The van der Waals surface area contributed by atoms with Crippen molar-refractivity contribution in [3.8, 4) is 5.75 Å². The van der Waals surface area contributed by atoms with Crippen molar-refractivity contribution in [1.29, 1.82) is 0 Å². The third kappa shape index (κ3) is 6.72. The smallest absolute Gasteiger partial charge is 0.269 e. The maximum atomic E-state index is 12.2. The molecule has 6 heteroatoms. The molecule has 0 radical (unpaired) electrons. The fourth-order valence-corrected chi connectivity index (χ4v) is 2.53. The molecule has 0 aliphatic heterocycles. The van der Waals surface area contributed by atoms with Gasteiger partial charge in [-0.15, -0.1) is 0 Å². The van der Waals surface area contributed by atoms with E-state index in [1.807, 2.05) is 38.4 Å². The number of carbonyl (C=O) groups is 1. The molecule has 1 amide bonds. The van der Waals surface area contributed by atoms with E-state index in [1.165, 1.54) is 5.56 Å². The van der Waals surface area contributed by atoms with Gasteiger partial charge in [-0.2, -0.15) is 0 Å². The van der Waals surface area contributed by atoms with Crippen LogP contribution in [0, 0.1) is 0 Å². The summed E-state index contributed by atoms with van der Waals surface area (Å²) in [6.07, 6.45) is 3.44. The van der Waals surface area contributed by atoms with Crippen molar-refractivity contribution in [2.24, 2.45) is 0 Å². The van der Waals surface area contributed by atoms with Crippen LogP contribution in [0.5, 0.6) is 5.75 Å². The van der Waals surface area contributed by atoms with Crippen LogP contribution >= 0.6 is 0 Å². The van der Waals surface area contributed by atoms with Gasteiger partial charge in [0, 0.05) is 25.0 Å². The van der Waals surface area contributed by atoms with Gasteiger partial charge in [0.15, 0.2) is 0 Å². The fraction of sp³-hybridized carbons (Fsp3) is 0.400. The van der Waals surface area contributed by atoms with E-state index in [1.54, 1.807) is 19.4 Å². The van der Waals surface area contributed by atoms with Gasteiger partial charge >= 0.3 is 0 Å². The summed E-state index contributed by atoms with van der Waals surface area (Å²) in [5, 5.41) is 6.25. The number of amides is 1. The summed E-state index contributed by atoms with van der Waals surface area (Å²) < 4.78 is 5.24. The molecular formula is C20H28N4O2. The predicted octanol–water partition coefficient (Wildman–Crippen LogP) is 2.43. The minimum atomic E-state index is -0.139. The van der Waals surface area contributed by atoms with E-state index in [4.69, 9.17) is 4.74 Å². The van der Waals surface area contributed by atoms with Crippen LogP contribution in [-0.4, -0.2) is 56.6 Å². The second kappa shape index (κ2) is 10.4. The first kappa shape index (κ1) is 19.7. The highest BCUT2D eigenvalue weighted by Gasteiger charge is 2.07. The topological polar surface area (TPSA) is 66.5 Å². The molecular weight excluding hydrogens is 328 g/mol. The second-order valence-electron chi connectivity index (χ2n) is 6.37. The maximum absolute atomic E-state index is 12.2. The molecule has 0 fully saturated rings. The predicted molar refractivity (Wildman–Crippen MR) is 105 cm³/mol. The second-order valence-corrected chi connectivity index (χ2v) is 6.37. The summed E-state index contributed by atoms with van der Waals surface area (Å²) >= 11 is 0. The average molecular weight is 356 g/mol. The summed E-state index contributed by atoms with van der Waals surface area (Å²) in [4.78, 5) is 18.4. The number of rotatable bonds is 10. The van der Waals surface area contributed by atoms with Crippen LogP contribution in [0.3, 0.4) is 0 Å². The summed E-state index contributed by atoms with van der Waals surface area (Å²) in [5.41, 5.74) is 2.52. The minimum Gasteiger partial charge on any atom is -0.497 e. The molecule has 26 heavy (non-hydrogen) atoms. The number of hydrogen-bond donors (Lipinski definition) is 2. The molecule has 0 bridgehead atoms. The molecule has 1 heterocycles. The quantitative estimate of drug-likeness (QED) is 0.640. The number of aromatic nitrogens is 1. The number of pyridine rings is 1. The molecule has 0 atom stereocenters. The van der Waals surface area contributed by atoms with Gasteiger partial charge < -0.3 is 20.3 Å². The highest BCUT2D eigenvalue weighted by Crippen LogP contribution is 2.14. The van der Waals surface area contributed by atoms with E-state index in [2.05, 4.69) is 26.6 Å². The third-order valence-corrected chi connectivity index (χ3v) is 3.94. The molecule has 0 unspecified atom stereocenters. The van der Waals surface area contributed by atoms with Crippen LogP contribution in [0.4, 0.5) is 5.69 Å². The van der Waals surface area contributed by atoms with Crippen molar-refractivity contribution < 1.29 is 9.53 Å². The van der Waals surface area contributed by atoms with Gasteiger partial charge in [0.2, 0.25) is 0 Å². The molecule has 0 aliphatic rings. The number of anilines is 1. The summed E-state index contributed by atoms with van der Waals surface area (Å²) in [5.74, 6) is 0.722. The number of methoxy groups -OCH3 is 1. The van der Waals surface area contributed by atoms with Gasteiger partial charge in [-0.25, -0.2) is 0 Å². The summed E-state index contributed by atoms with van der Waals surface area (Å²) in [6.45, 7) is 2.35. The maximum Gasteiger partial charge on any atom is 0.269 e. The molecule has 2 rings (SSSR count). The number of ether oxygens (including phenoxy) is 1. The van der Waals surface area contributed by atoms with Crippen molar-refractivity contribution >= 4 is 11.6 Å². The molecule has 140 valence electrons. The lowest BCUT2D eigenvalue weighted by molar-refractivity contribution is 0.0947. The van der Waals surface area contributed by atoms with E-state index >= 15 is 0 Å². The van der Waals surface area contributed by atoms with Crippen LogP contribution in [0.15, 0.2) is 42.6 Å². The van der Waals surface area contributed by atoms with Crippen LogP contribution < -0.4 is 15.4 Å². The van der Waals surface area contributed by atoms with Crippen LogP contribution in [0.1, 0.15) is 22.5 Å². The Kier molecular flexibility index (Phi) is 7.89. The van der Waals surface area contributed by atoms with Crippen molar-refractivity contribution in [1.82, 2.24) is 15.2 Å². The van der Waals surface area contributed by atoms with Crippen molar-refractivity contribution in [3.63, 3.8) is 0 Å². The molecule has 0 saturated carbocycles. The molecule has 0 saturated heterocycles. The van der Waals surface area contributed by atoms with Gasteiger partial charge in [-0.3, -0.25) is 9.78 Å². The summed E-state index contributed by atoms with van der Waals surface area (Å²) in [6, 6.07) is 11.7. The Labute approximate surface area is 155 Å². The van der Waals surface area contributed by atoms with Crippen LogP contribution in [-0.2, 0) is 6.42 Å². The van der Waals surface area contributed by atoms with Gasteiger partial charge in [0.1, 0.15) is 11.4 Å². The Morgan fingerprint density at radius 2 is 2.04 bits per heavy atom. The minimum absolute atomic E-state index is 0.139. The molecule has 2 N–H and O–H groups in total. The van der Waals surface area contributed by atoms with Crippen LogP contribution in [0.25, 0.3) is 0 Å². The van der Waals surface area contributed by atoms with Gasteiger partial charge in [-0.1, -0.05) is 12.1 Å². The average Bonchev–Trinajstić information content (AvgIpc) is 2.65. The number of benzene rings is 1. The SMILES string of the molecule is COc1cccc(CCNc2ccnc(C(=O)NCCCN(C)C)c2)c1. The molecule has 1 aromatic heterocycles. The fourth-order valence-electron chi connectivity index (χ4n) is 2.53. The Hall–Kier alpha value is -2.60. The van der Waals surface area contributed by atoms with E-state index < -0.39 is 0 Å². The zero-order valence-electron chi connectivity index (χ0n) is 15.8. The first-order chi connectivity index (χ1) is 12.6. The monoisotopic (exact) mass is 356 g/mol. The van der Waals surface area contributed by atoms with E-state index in [-0.39, 0.29) is 5.91 Å². The lowest BCUT2D eigenvalue weighted by atomic mass is 10.1. The Morgan fingerprint density at radius 1 is 1.19 bits per heavy atom. The number of nitrogens with one attached hydrogen (secondary N) is 2. The number of nitrogens with zero attached hydrogens (tertiary/aromatic N) is 2. The first-order valence-corrected chi connectivity index (χ1v) is 8.84. The molecule has 2 aromatic rings. The third-order valence-electron chi connectivity index (χ3n) is 3.94. The normalized spacial score (nSPS) is 10.6. The van der Waals surface area contributed by atoms with Gasteiger partial charge in [-0.05, 0) is 63.3 Å². The lowest BCUT2D eigenvalue weighted by Gasteiger charge is -2.11. The standard InChI is InChI=1S/C20H28N4O2/c1-24(2)13-5-10-23-20(25)19-15-17(9-12-22-19)21-11-8-16-6-4-7-18(14-16)26-3/h4,6-7,9,12,14-15H,5,8,10-11,13H2,1-3H3,(H,21,22)(H,23,25). The number of hydrogen-bond acceptors (Lipinski definition) is 5. The van der Waals surface area contributed by atoms with Crippen LogP contribution in [0.2, 0.25) is 0 Å². The molecule has 6 nitrogen and oxygen atoms in total. The van der Waals surface area contributed by atoms with Crippen molar-refractivity contribution in [2.75, 3.05) is 46.2 Å². The van der Waals surface area contributed by atoms with Gasteiger partial charge in [0.05, 0.1) is 7.11 Å². The molecule has 1 aromatic carbocycles. The van der Waals surface area contributed by atoms with E-state index in [0.717, 1.165) is 37.4 Å². The van der Waals surface area contributed by atoms with Crippen molar-refractivity contribution in [2.45, 2.75) is 12.8 Å².